The summed E-state index contributed by atoms with van der Waals surface area (Å²) in [7, 11) is 0. The largest absolute Gasteiger partial charge is 0.311 e. The summed E-state index contributed by atoms with van der Waals surface area (Å²) in [5.74, 6) is 0. The number of hydrogen-bond donors (Lipinski definition) is 0. The van der Waals surface area contributed by atoms with Gasteiger partial charge in [-0.25, -0.2) is 0 Å². The lowest BCUT2D eigenvalue weighted by Gasteiger charge is -2.46. The Morgan fingerprint density at radius 3 is 1.21 bits per heavy atom. The van der Waals surface area contributed by atoms with Gasteiger partial charge >= 0.3 is 0 Å². The summed E-state index contributed by atoms with van der Waals surface area (Å²) >= 11 is 1.92. The number of rotatable bonds is 10. The van der Waals surface area contributed by atoms with Gasteiger partial charge in [0, 0.05) is 89.3 Å². The van der Waals surface area contributed by atoms with E-state index in [4.69, 9.17) is 0 Å². The fourth-order valence-electron chi connectivity index (χ4n) is 14.3. The molecule has 4 aliphatic heterocycles. The summed E-state index contributed by atoms with van der Waals surface area (Å²) in [6, 6.07) is 117. The van der Waals surface area contributed by atoms with Crippen molar-refractivity contribution in [2.45, 2.75) is 16.7 Å². The van der Waals surface area contributed by atoms with Crippen LogP contribution in [0.1, 0.15) is 5.56 Å². The van der Waals surface area contributed by atoms with Gasteiger partial charge in [-0.1, -0.05) is 217 Å². The predicted molar refractivity (Wildman–Crippen MR) is 370 cm³/mol. The van der Waals surface area contributed by atoms with Crippen LogP contribution in [0.2, 0.25) is 0 Å². The molecule has 13 aromatic carbocycles. The average molecular weight is 1130 g/mol. The van der Waals surface area contributed by atoms with E-state index in [1.165, 1.54) is 82.0 Å². The first kappa shape index (κ1) is 50.8. The molecule has 0 spiro atoms. The Bertz CT molecular complexity index is 4690. The lowest BCUT2D eigenvalue weighted by atomic mass is 9.31. The van der Waals surface area contributed by atoms with Gasteiger partial charge in [-0.3, -0.25) is 0 Å². The zero-order chi connectivity index (χ0) is 57.5. The molecule has 0 fully saturated rings. The molecule has 0 aliphatic carbocycles. The minimum atomic E-state index is -0.138. The smallest absolute Gasteiger partial charge is 0.252 e. The Morgan fingerprint density at radius 2 is 0.701 bits per heavy atom. The fraction of sp³-hybridized carbons (Fsp3) is 0.0127. The third kappa shape index (κ3) is 8.27. The Kier molecular flexibility index (Phi) is 12.2. The number of fused-ring (bicyclic) bond motifs is 8. The molecule has 8 heteroatoms. The molecule has 0 N–H and O–H groups in total. The number of para-hydroxylation sites is 9. The number of anilines is 15. The molecule has 408 valence electrons. The lowest BCUT2D eigenvalue weighted by molar-refractivity contribution is 1.21. The molecular weight excluding hydrogens is 1070 g/mol. The first-order valence-electron chi connectivity index (χ1n) is 30.0. The molecule has 0 unspecified atom stereocenters. The van der Waals surface area contributed by atoms with Gasteiger partial charge in [0.25, 0.3) is 6.71 Å². The second kappa shape index (κ2) is 20.8. The highest BCUT2D eigenvalue weighted by Crippen LogP contribution is 2.53. The molecule has 17 rings (SSSR count). The Labute approximate surface area is 513 Å². The van der Waals surface area contributed by atoms with E-state index in [0.29, 0.717) is 0 Å². The Hall–Kier alpha value is -10.7. The molecule has 0 radical (unpaired) electrons. The Balaban J connectivity index is 0.982. The van der Waals surface area contributed by atoms with Gasteiger partial charge in [-0.05, 0) is 161 Å². The van der Waals surface area contributed by atoms with Crippen molar-refractivity contribution in [1.82, 2.24) is 0 Å². The van der Waals surface area contributed by atoms with Crippen LogP contribution in [-0.4, -0.2) is 13.4 Å². The van der Waals surface area contributed by atoms with E-state index < -0.39 is 0 Å². The topological polar surface area (TPSA) is 16.2 Å². The van der Waals surface area contributed by atoms with E-state index in [2.05, 4.69) is 347 Å². The SMILES string of the molecule is Cc1cccc(-c2ccccc2)c1N1c2cc3c(cc2B2c4ccccc4N(c4ccccc4)c4cc(N(c5ccccc5)c5ccccc5)cc1c42)B1c2ccccc2N(c2ccccc2)c2cc(N(c4ccccc4)c4ccccc4)cc(c21)S3. The van der Waals surface area contributed by atoms with Gasteiger partial charge in [0.1, 0.15) is 0 Å². The van der Waals surface area contributed by atoms with Gasteiger partial charge in [0.15, 0.2) is 0 Å². The molecule has 0 amide bonds. The fourth-order valence-corrected chi connectivity index (χ4v) is 15.5. The number of nitrogens with zero attached hydrogens (tertiary/aromatic N) is 5. The van der Waals surface area contributed by atoms with Crippen molar-refractivity contribution in [1.29, 1.82) is 0 Å². The van der Waals surface area contributed by atoms with E-state index in [9.17, 15) is 0 Å². The van der Waals surface area contributed by atoms with Crippen molar-refractivity contribution in [2.24, 2.45) is 0 Å². The quantitative estimate of drug-likeness (QED) is 0.126. The van der Waals surface area contributed by atoms with Crippen LogP contribution in [0.4, 0.5) is 85.3 Å². The van der Waals surface area contributed by atoms with Crippen molar-refractivity contribution in [2.75, 3.05) is 24.5 Å². The Morgan fingerprint density at radius 1 is 0.287 bits per heavy atom. The summed E-state index contributed by atoms with van der Waals surface area (Å²) in [6.07, 6.45) is 0. The summed E-state index contributed by atoms with van der Waals surface area (Å²) in [5.41, 5.74) is 28.2. The third-order valence-corrected chi connectivity index (χ3v) is 19.0. The van der Waals surface area contributed by atoms with Crippen LogP contribution >= 0.6 is 11.8 Å². The second-order valence-electron chi connectivity index (χ2n) is 22.8. The molecular formula is C79H55B2N5S. The molecule has 0 saturated carbocycles. The molecule has 4 heterocycles. The van der Waals surface area contributed by atoms with Crippen molar-refractivity contribution in [3.63, 3.8) is 0 Å². The molecule has 87 heavy (non-hydrogen) atoms. The van der Waals surface area contributed by atoms with Crippen molar-refractivity contribution >= 4 is 143 Å². The minimum Gasteiger partial charge on any atom is -0.311 e. The highest BCUT2D eigenvalue weighted by Gasteiger charge is 2.48. The molecule has 0 saturated heterocycles. The normalized spacial score (nSPS) is 13.0. The van der Waals surface area contributed by atoms with Gasteiger partial charge < -0.3 is 24.5 Å². The zero-order valence-electron chi connectivity index (χ0n) is 47.8. The summed E-state index contributed by atoms with van der Waals surface area (Å²) < 4.78 is 0. The maximum Gasteiger partial charge on any atom is 0.252 e. The zero-order valence-corrected chi connectivity index (χ0v) is 48.6. The molecule has 4 aliphatic rings. The molecule has 13 aromatic rings. The lowest BCUT2D eigenvalue weighted by Crippen LogP contribution is -2.64. The van der Waals surface area contributed by atoms with Gasteiger partial charge in [-0.15, -0.1) is 0 Å². The second-order valence-corrected chi connectivity index (χ2v) is 23.9. The maximum absolute atomic E-state index is 2.66. The van der Waals surface area contributed by atoms with E-state index in [0.717, 1.165) is 62.6 Å². The predicted octanol–water partition coefficient (Wildman–Crippen LogP) is 17.4. The first-order valence-corrected chi connectivity index (χ1v) is 30.8. The molecule has 0 atom stereocenters. The van der Waals surface area contributed by atoms with Crippen molar-refractivity contribution in [3.05, 3.63) is 321 Å². The number of hydrogen-bond acceptors (Lipinski definition) is 6. The third-order valence-electron chi connectivity index (χ3n) is 17.9. The number of aryl methyl sites for hydroxylation is 1. The van der Waals surface area contributed by atoms with Crippen LogP contribution in [0.3, 0.4) is 0 Å². The summed E-state index contributed by atoms with van der Waals surface area (Å²) in [5, 5.41) is 0. The molecule has 0 aromatic heterocycles. The highest BCUT2D eigenvalue weighted by atomic mass is 32.2. The van der Waals surface area contributed by atoms with E-state index in [-0.39, 0.29) is 13.4 Å². The van der Waals surface area contributed by atoms with Crippen molar-refractivity contribution in [3.8, 4) is 11.1 Å². The number of benzene rings is 13. The van der Waals surface area contributed by atoms with E-state index >= 15 is 0 Å². The van der Waals surface area contributed by atoms with Crippen LogP contribution in [0.15, 0.2) is 325 Å². The van der Waals surface area contributed by atoms with Crippen LogP contribution < -0.4 is 57.3 Å². The maximum atomic E-state index is 2.66. The summed E-state index contributed by atoms with van der Waals surface area (Å²) in [4.78, 5) is 15.0. The van der Waals surface area contributed by atoms with Crippen LogP contribution in [0.5, 0.6) is 0 Å². The van der Waals surface area contributed by atoms with Crippen LogP contribution in [0.25, 0.3) is 11.1 Å². The van der Waals surface area contributed by atoms with Gasteiger partial charge in [0.2, 0.25) is 6.71 Å². The van der Waals surface area contributed by atoms with E-state index in [1.807, 2.05) is 11.8 Å². The minimum absolute atomic E-state index is 0.0800. The van der Waals surface area contributed by atoms with Gasteiger partial charge in [0.05, 0.1) is 11.4 Å². The molecule has 5 nitrogen and oxygen atoms in total. The molecule has 0 bridgehead atoms. The standard InChI is InChI=1S/C79H55B2N5S/c1-54-28-27-43-64(55-29-9-2-10-30-55)79(54)86-71-53-75-68(81-66-45-24-26-47-70(66)85(61-41-21-8-22-42-61)74-50-63(51-76(87-75)78(74)81)83(58-35-15-5-16-36-58)59-37-17-6-18-38-59)52-67(71)80-65-44-23-25-46-69(65)84(60-39-19-7-20-40-60)72-48-62(49-73(86)77(72)80)82(56-31-11-3-12-32-56)57-33-13-4-14-34-57/h2-53H,1H3. The van der Waals surface area contributed by atoms with Crippen molar-refractivity contribution < 1.29 is 0 Å². The van der Waals surface area contributed by atoms with E-state index in [1.54, 1.807) is 0 Å². The average Bonchev–Trinajstić information content (AvgIpc) is 0.760. The highest BCUT2D eigenvalue weighted by molar-refractivity contribution is 8.00. The van der Waals surface area contributed by atoms with Crippen LogP contribution in [-0.2, 0) is 0 Å². The summed E-state index contributed by atoms with van der Waals surface area (Å²) in [6.45, 7) is 2.08. The monoisotopic (exact) mass is 1130 g/mol. The first-order chi connectivity index (χ1) is 43.1. The van der Waals surface area contributed by atoms with Crippen LogP contribution in [0, 0.1) is 6.92 Å². The van der Waals surface area contributed by atoms with Gasteiger partial charge in [-0.2, -0.15) is 0 Å².